The number of aromatic nitrogens is 2. The molecule has 0 atom stereocenters. The van der Waals surface area contributed by atoms with Crippen molar-refractivity contribution in [2.24, 2.45) is 5.92 Å². The van der Waals surface area contributed by atoms with Crippen LogP contribution < -0.4 is 16.6 Å². The van der Waals surface area contributed by atoms with E-state index in [9.17, 15) is 14.4 Å². The molecule has 0 aromatic carbocycles. The molecule has 130 valence electrons. The van der Waals surface area contributed by atoms with Crippen LogP contribution in [0.15, 0.2) is 20.3 Å². The number of hydrogen-bond donors (Lipinski definition) is 2. The van der Waals surface area contributed by atoms with Crippen molar-refractivity contribution in [3.63, 3.8) is 0 Å². The minimum Gasteiger partial charge on any atom is -0.341 e. The zero-order chi connectivity index (χ0) is 16.1. The largest absolute Gasteiger partial charge is 0.341 e. The van der Waals surface area contributed by atoms with E-state index >= 15 is 0 Å². The van der Waals surface area contributed by atoms with Crippen molar-refractivity contribution in [2.75, 3.05) is 26.2 Å². The summed E-state index contributed by atoms with van der Waals surface area (Å²) >= 11 is 3.06. The fraction of sp³-hybridized carbons (Fsp3) is 0.643. The first-order valence-corrected chi connectivity index (χ1v) is 8.28. The third kappa shape index (κ3) is 5.47. The lowest BCUT2D eigenvalue weighted by molar-refractivity contribution is -0.133. The molecular weight excluding hydrogens is 388 g/mol. The van der Waals surface area contributed by atoms with E-state index in [4.69, 9.17) is 0 Å². The SMILES string of the molecule is CCNCC1CCN(C(=O)Cn2cc(Br)c(=O)[nH]c2=O)CC1.Cl. The summed E-state index contributed by atoms with van der Waals surface area (Å²) in [5, 5.41) is 3.33. The van der Waals surface area contributed by atoms with Gasteiger partial charge in [-0.3, -0.25) is 19.1 Å². The molecule has 1 aliphatic rings. The van der Waals surface area contributed by atoms with Crippen molar-refractivity contribution in [1.29, 1.82) is 0 Å². The van der Waals surface area contributed by atoms with Gasteiger partial charge in [-0.15, -0.1) is 12.4 Å². The van der Waals surface area contributed by atoms with Crippen LogP contribution in [-0.4, -0.2) is 46.5 Å². The molecule has 2 N–H and O–H groups in total. The van der Waals surface area contributed by atoms with E-state index in [-0.39, 0.29) is 29.3 Å². The number of nitrogens with zero attached hydrogens (tertiary/aromatic N) is 2. The Hall–Kier alpha value is -1.12. The Balaban J connectivity index is 0.00000264. The molecule has 1 aromatic rings. The van der Waals surface area contributed by atoms with Gasteiger partial charge in [-0.05, 0) is 47.8 Å². The summed E-state index contributed by atoms with van der Waals surface area (Å²) in [6.07, 6.45) is 3.31. The van der Waals surface area contributed by atoms with Gasteiger partial charge in [0, 0.05) is 19.3 Å². The normalized spacial score (nSPS) is 15.3. The number of hydrogen-bond acceptors (Lipinski definition) is 4. The number of carbonyl (C=O) groups is 1. The Kier molecular flexibility index (Phi) is 8.01. The fourth-order valence-corrected chi connectivity index (χ4v) is 2.93. The summed E-state index contributed by atoms with van der Waals surface area (Å²) in [4.78, 5) is 39.2. The molecule has 1 aromatic heterocycles. The van der Waals surface area contributed by atoms with Crippen LogP contribution in [0.2, 0.25) is 0 Å². The highest BCUT2D eigenvalue weighted by molar-refractivity contribution is 9.10. The zero-order valence-corrected chi connectivity index (χ0v) is 15.4. The summed E-state index contributed by atoms with van der Waals surface area (Å²) in [6, 6.07) is 0. The highest BCUT2D eigenvalue weighted by atomic mass is 79.9. The van der Waals surface area contributed by atoms with Gasteiger partial charge in [0.1, 0.15) is 6.54 Å². The lowest BCUT2D eigenvalue weighted by Gasteiger charge is -2.32. The molecule has 2 heterocycles. The lowest BCUT2D eigenvalue weighted by atomic mass is 9.97. The van der Waals surface area contributed by atoms with Gasteiger partial charge in [0.05, 0.1) is 4.47 Å². The minimum atomic E-state index is -0.566. The first-order chi connectivity index (χ1) is 10.5. The smallest absolute Gasteiger partial charge is 0.328 e. The van der Waals surface area contributed by atoms with Gasteiger partial charge in [0.15, 0.2) is 0 Å². The number of likely N-dealkylation sites (tertiary alicyclic amines) is 1. The standard InChI is InChI=1S/C14H21BrN4O3.ClH/c1-2-16-7-10-3-5-18(6-4-10)12(20)9-19-8-11(15)13(21)17-14(19)22;/h8,10,16H,2-7,9H2,1H3,(H,17,21,22);1H. The highest BCUT2D eigenvalue weighted by Gasteiger charge is 2.22. The molecule has 1 saturated heterocycles. The van der Waals surface area contributed by atoms with Crippen LogP contribution in [0.5, 0.6) is 0 Å². The number of piperidine rings is 1. The van der Waals surface area contributed by atoms with Gasteiger partial charge in [-0.2, -0.15) is 0 Å². The van der Waals surface area contributed by atoms with E-state index in [0.29, 0.717) is 19.0 Å². The molecule has 1 aliphatic heterocycles. The Bertz CT molecular complexity index is 638. The molecule has 0 unspecified atom stereocenters. The number of halogens is 2. The van der Waals surface area contributed by atoms with Gasteiger partial charge in [0.2, 0.25) is 5.91 Å². The summed E-state index contributed by atoms with van der Waals surface area (Å²) in [6.45, 7) is 5.42. The zero-order valence-electron chi connectivity index (χ0n) is 13.0. The highest BCUT2D eigenvalue weighted by Crippen LogP contribution is 2.16. The maximum Gasteiger partial charge on any atom is 0.328 e. The van der Waals surface area contributed by atoms with Gasteiger partial charge in [0.25, 0.3) is 5.56 Å². The van der Waals surface area contributed by atoms with E-state index in [2.05, 4.69) is 33.2 Å². The molecular formula is C14H22BrClN4O3. The average molecular weight is 410 g/mol. The third-order valence-corrected chi connectivity index (χ3v) is 4.49. The van der Waals surface area contributed by atoms with Gasteiger partial charge in [-0.25, -0.2) is 4.79 Å². The number of aromatic amines is 1. The van der Waals surface area contributed by atoms with E-state index in [1.165, 1.54) is 10.8 Å². The predicted molar refractivity (Wildman–Crippen MR) is 94.1 cm³/mol. The molecule has 0 saturated carbocycles. The predicted octanol–water partition coefficient (Wildman–Crippen LogP) is 0.569. The third-order valence-electron chi connectivity index (χ3n) is 3.92. The quantitative estimate of drug-likeness (QED) is 0.744. The van der Waals surface area contributed by atoms with Crippen molar-refractivity contribution >= 4 is 34.2 Å². The maximum absolute atomic E-state index is 12.3. The van der Waals surface area contributed by atoms with E-state index < -0.39 is 11.2 Å². The topological polar surface area (TPSA) is 87.2 Å². The molecule has 0 radical (unpaired) electrons. The summed E-state index contributed by atoms with van der Waals surface area (Å²) in [7, 11) is 0. The van der Waals surface area contributed by atoms with Crippen molar-refractivity contribution in [3.05, 3.63) is 31.5 Å². The molecule has 2 rings (SSSR count). The maximum atomic E-state index is 12.3. The fourth-order valence-electron chi connectivity index (χ4n) is 2.58. The molecule has 9 heteroatoms. The Morgan fingerprint density at radius 1 is 1.39 bits per heavy atom. The van der Waals surface area contributed by atoms with E-state index in [1.54, 1.807) is 4.90 Å². The minimum absolute atomic E-state index is 0. The average Bonchev–Trinajstić information content (AvgIpc) is 2.51. The Labute approximate surface area is 149 Å². The van der Waals surface area contributed by atoms with Crippen molar-refractivity contribution in [2.45, 2.75) is 26.3 Å². The van der Waals surface area contributed by atoms with Crippen LogP contribution in [0.25, 0.3) is 0 Å². The number of H-pyrrole nitrogens is 1. The number of carbonyl (C=O) groups excluding carboxylic acids is 1. The molecule has 0 spiro atoms. The van der Waals surface area contributed by atoms with E-state index in [0.717, 1.165) is 25.9 Å². The van der Waals surface area contributed by atoms with Gasteiger partial charge >= 0.3 is 5.69 Å². The first kappa shape index (κ1) is 19.9. The second-order valence-electron chi connectivity index (χ2n) is 5.50. The van der Waals surface area contributed by atoms with Crippen LogP contribution in [-0.2, 0) is 11.3 Å². The van der Waals surface area contributed by atoms with E-state index in [1.807, 2.05) is 0 Å². The van der Waals surface area contributed by atoms with Crippen LogP contribution in [0.3, 0.4) is 0 Å². The van der Waals surface area contributed by atoms with Crippen LogP contribution in [0.4, 0.5) is 0 Å². The van der Waals surface area contributed by atoms with Crippen LogP contribution in [0.1, 0.15) is 19.8 Å². The molecule has 1 fully saturated rings. The summed E-state index contributed by atoms with van der Waals surface area (Å²) in [5.74, 6) is 0.511. The summed E-state index contributed by atoms with van der Waals surface area (Å²) < 4.78 is 1.46. The lowest BCUT2D eigenvalue weighted by Crippen LogP contribution is -2.43. The van der Waals surface area contributed by atoms with Crippen LogP contribution in [0, 0.1) is 5.92 Å². The van der Waals surface area contributed by atoms with Gasteiger partial charge < -0.3 is 10.2 Å². The van der Waals surface area contributed by atoms with Crippen molar-refractivity contribution in [1.82, 2.24) is 19.8 Å². The van der Waals surface area contributed by atoms with Crippen molar-refractivity contribution in [3.8, 4) is 0 Å². The second-order valence-corrected chi connectivity index (χ2v) is 6.35. The number of nitrogens with one attached hydrogen (secondary N) is 2. The number of rotatable bonds is 5. The monoisotopic (exact) mass is 408 g/mol. The Morgan fingerprint density at radius 2 is 2.04 bits per heavy atom. The molecule has 0 aliphatic carbocycles. The molecule has 7 nitrogen and oxygen atoms in total. The molecule has 0 bridgehead atoms. The Morgan fingerprint density at radius 3 is 2.65 bits per heavy atom. The number of amides is 1. The molecule has 1 amide bonds. The summed E-state index contributed by atoms with van der Waals surface area (Å²) in [5.41, 5.74) is -1.05. The molecule has 23 heavy (non-hydrogen) atoms. The first-order valence-electron chi connectivity index (χ1n) is 7.49. The van der Waals surface area contributed by atoms with Gasteiger partial charge in [-0.1, -0.05) is 6.92 Å². The van der Waals surface area contributed by atoms with Crippen LogP contribution >= 0.6 is 28.3 Å². The second kappa shape index (κ2) is 9.24. The van der Waals surface area contributed by atoms with Crippen molar-refractivity contribution < 1.29 is 4.79 Å².